The normalized spacial score (nSPS) is 13.6. The van der Waals surface area contributed by atoms with Gasteiger partial charge in [-0.2, -0.15) is 0 Å². The summed E-state index contributed by atoms with van der Waals surface area (Å²) in [6, 6.07) is 8.03. The number of hydrogen-bond donors (Lipinski definition) is 1. The van der Waals surface area contributed by atoms with Crippen LogP contribution in [0.1, 0.15) is 30.0 Å². The quantitative estimate of drug-likeness (QED) is 0.910. The van der Waals surface area contributed by atoms with Gasteiger partial charge in [-0.15, -0.1) is 12.4 Å². The van der Waals surface area contributed by atoms with E-state index >= 15 is 0 Å². The summed E-state index contributed by atoms with van der Waals surface area (Å²) >= 11 is 0. The van der Waals surface area contributed by atoms with Crippen molar-refractivity contribution < 1.29 is 18.6 Å². The third kappa shape index (κ3) is 3.31. The van der Waals surface area contributed by atoms with Crippen molar-refractivity contribution in [3.05, 3.63) is 41.3 Å². The van der Waals surface area contributed by atoms with Gasteiger partial charge in [0, 0.05) is 6.54 Å². The Hall–Kier alpha value is -1.85. The number of aryl methyl sites for hydroxylation is 1. The molecule has 0 saturated heterocycles. The minimum absolute atomic E-state index is 0. The molecule has 1 N–H and O–H groups in total. The molecule has 1 atom stereocenters. The van der Waals surface area contributed by atoms with Gasteiger partial charge in [-0.1, -0.05) is 0 Å². The van der Waals surface area contributed by atoms with Crippen LogP contribution < -0.4 is 19.5 Å². The second-order valence-corrected chi connectivity index (χ2v) is 5.08. The Morgan fingerprint density at radius 3 is 2.77 bits per heavy atom. The molecule has 1 aromatic carbocycles. The molecular weight excluding hydrogens is 306 g/mol. The fourth-order valence-corrected chi connectivity index (χ4v) is 2.34. The number of methoxy groups -OCH3 is 1. The standard InChI is InChI=1S/C16H19NO4.ClH/c1-10-4-5-13(21-10)11(2)17-8-12-6-14(18-3)16-15(7-12)19-9-20-16;/h4-7,11,17H,8-9H2,1-3H3;1H. The minimum atomic E-state index is 0. The molecule has 22 heavy (non-hydrogen) atoms. The van der Waals surface area contributed by atoms with E-state index in [0.717, 1.165) is 22.8 Å². The van der Waals surface area contributed by atoms with E-state index in [1.165, 1.54) is 0 Å². The third-order valence-electron chi connectivity index (χ3n) is 3.52. The molecule has 2 heterocycles. The number of halogens is 1. The van der Waals surface area contributed by atoms with E-state index in [9.17, 15) is 0 Å². The van der Waals surface area contributed by atoms with Crippen LogP contribution in [0.15, 0.2) is 28.7 Å². The molecule has 120 valence electrons. The number of fused-ring (bicyclic) bond motifs is 1. The number of rotatable bonds is 5. The van der Waals surface area contributed by atoms with Gasteiger partial charge in [-0.05, 0) is 43.7 Å². The second-order valence-electron chi connectivity index (χ2n) is 5.08. The van der Waals surface area contributed by atoms with Crippen molar-refractivity contribution in [2.45, 2.75) is 26.4 Å². The van der Waals surface area contributed by atoms with Crippen molar-refractivity contribution in [2.75, 3.05) is 13.9 Å². The van der Waals surface area contributed by atoms with Crippen LogP contribution in [0.2, 0.25) is 0 Å². The lowest BCUT2D eigenvalue weighted by Gasteiger charge is -2.13. The second kappa shape index (κ2) is 6.94. The molecule has 1 unspecified atom stereocenters. The van der Waals surface area contributed by atoms with Crippen LogP contribution in [0.5, 0.6) is 17.2 Å². The molecule has 5 nitrogen and oxygen atoms in total. The van der Waals surface area contributed by atoms with E-state index in [0.29, 0.717) is 18.0 Å². The van der Waals surface area contributed by atoms with Gasteiger partial charge >= 0.3 is 0 Å². The maximum Gasteiger partial charge on any atom is 0.231 e. The highest BCUT2D eigenvalue weighted by Gasteiger charge is 2.20. The molecule has 3 rings (SSSR count). The van der Waals surface area contributed by atoms with Gasteiger partial charge in [0.1, 0.15) is 11.5 Å². The number of benzene rings is 1. The van der Waals surface area contributed by atoms with E-state index in [4.69, 9.17) is 18.6 Å². The summed E-state index contributed by atoms with van der Waals surface area (Å²) < 4.78 is 21.8. The summed E-state index contributed by atoms with van der Waals surface area (Å²) in [6.45, 7) is 4.94. The van der Waals surface area contributed by atoms with Gasteiger partial charge < -0.3 is 23.9 Å². The van der Waals surface area contributed by atoms with E-state index in [1.807, 2.05) is 31.2 Å². The molecular formula is C16H20ClNO4. The maximum absolute atomic E-state index is 5.62. The van der Waals surface area contributed by atoms with Crippen molar-refractivity contribution in [1.82, 2.24) is 5.32 Å². The third-order valence-corrected chi connectivity index (χ3v) is 3.52. The molecule has 0 fully saturated rings. The van der Waals surface area contributed by atoms with Gasteiger partial charge in [-0.25, -0.2) is 0 Å². The summed E-state index contributed by atoms with van der Waals surface area (Å²) in [4.78, 5) is 0. The Balaban J connectivity index is 0.00000176. The lowest BCUT2D eigenvalue weighted by molar-refractivity contribution is 0.171. The molecule has 6 heteroatoms. The smallest absolute Gasteiger partial charge is 0.231 e. The minimum Gasteiger partial charge on any atom is -0.493 e. The van der Waals surface area contributed by atoms with Crippen molar-refractivity contribution in [3.63, 3.8) is 0 Å². The first-order valence-electron chi connectivity index (χ1n) is 6.93. The zero-order chi connectivity index (χ0) is 14.8. The fraction of sp³-hybridized carbons (Fsp3) is 0.375. The Bertz CT molecular complexity index is 641. The molecule has 0 amide bonds. The van der Waals surface area contributed by atoms with Gasteiger partial charge in [0.15, 0.2) is 11.5 Å². The van der Waals surface area contributed by atoms with Crippen LogP contribution in [0.25, 0.3) is 0 Å². The molecule has 0 saturated carbocycles. The number of ether oxygens (including phenoxy) is 3. The highest BCUT2D eigenvalue weighted by Crippen LogP contribution is 2.41. The monoisotopic (exact) mass is 325 g/mol. The lowest BCUT2D eigenvalue weighted by Crippen LogP contribution is -2.17. The van der Waals surface area contributed by atoms with Crippen LogP contribution in [0.4, 0.5) is 0 Å². The SMILES string of the molecule is COc1cc(CNC(C)c2ccc(C)o2)cc2c1OCO2.Cl. The molecule has 0 radical (unpaired) electrons. The molecule has 0 spiro atoms. The van der Waals surface area contributed by atoms with E-state index in [1.54, 1.807) is 7.11 Å². The van der Waals surface area contributed by atoms with Gasteiger partial charge in [0.2, 0.25) is 12.5 Å². The van der Waals surface area contributed by atoms with Gasteiger partial charge in [0.25, 0.3) is 0 Å². The summed E-state index contributed by atoms with van der Waals surface area (Å²) in [6.07, 6.45) is 0. The zero-order valence-electron chi connectivity index (χ0n) is 12.8. The van der Waals surface area contributed by atoms with Crippen molar-refractivity contribution in [2.24, 2.45) is 0 Å². The largest absolute Gasteiger partial charge is 0.493 e. The zero-order valence-corrected chi connectivity index (χ0v) is 13.7. The molecule has 2 aromatic rings. The Kier molecular flexibility index (Phi) is 5.21. The maximum atomic E-state index is 5.62. The Labute approximate surface area is 136 Å². The Morgan fingerprint density at radius 2 is 2.09 bits per heavy atom. The summed E-state index contributed by atoms with van der Waals surface area (Å²) in [5, 5.41) is 3.43. The highest BCUT2D eigenvalue weighted by molar-refractivity contribution is 5.85. The molecule has 1 aromatic heterocycles. The lowest BCUT2D eigenvalue weighted by atomic mass is 10.1. The fourth-order valence-electron chi connectivity index (χ4n) is 2.34. The predicted molar refractivity (Wildman–Crippen MR) is 85.1 cm³/mol. The summed E-state index contributed by atoms with van der Waals surface area (Å²) in [5.41, 5.74) is 1.08. The summed E-state index contributed by atoms with van der Waals surface area (Å²) in [5.74, 6) is 3.95. The summed E-state index contributed by atoms with van der Waals surface area (Å²) in [7, 11) is 1.63. The molecule has 0 bridgehead atoms. The van der Waals surface area contributed by atoms with Crippen molar-refractivity contribution in [1.29, 1.82) is 0 Å². The van der Waals surface area contributed by atoms with Crippen LogP contribution >= 0.6 is 12.4 Å². The van der Waals surface area contributed by atoms with Crippen LogP contribution in [0.3, 0.4) is 0 Å². The van der Waals surface area contributed by atoms with E-state index in [-0.39, 0.29) is 25.2 Å². The average Bonchev–Trinajstić information content (AvgIpc) is 3.12. The van der Waals surface area contributed by atoms with E-state index in [2.05, 4.69) is 12.2 Å². The van der Waals surface area contributed by atoms with Crippen LogP contribution in [-0.4, -0.2) is 13.9 Å². The first-order chi connectivity index (χ1) is 10.2. The topological polar surface area (TPSA) is 52.9 Å². The van der Waals surface area contributed by atoms with E-state index < -0.39 is 0 Å². The first-order valence-corrected chi connectivity index (χ1v) is 6.93. The average molecular weight is 326 g/mol. The Morgan fingerprint density at radius 1 is 1.27 bits per heavy atom. The van der Waals surface area contributed by atoms with Crippen molar-refractivity contribution in [3.8, 4) is 17.2 Å². The van der Waals surface area contributed by atoms with Crippen molar-refractivity contribution >= 4 is 12.4 Å². The highest BCUT2D eigenvalue weighted by atomic mass is 35.5. The van der Waals surface area contributed by atoms with Gasteiger partial charge in [-0.3, -0.25) is 0 Å². The van der Waals surface area contributed by atoms with Crippen LogP contribution in [-0.2, 0) is 6.54 Å². The van der Waals surface area contributed by atoms with Crippen LogP contribution in [0, 0.1) is 6.92 Å². The van der Waals surface area contributed by atoms with Gasteiger partial charge in [0.05, 0.1) is 13.2 Å². The first kappa shape index (κ1) is 16.5. The molecule has 1 aliphatic heterocycles. The molecule has 0 aliphatic carbocycles. The number of furan rings is 1. The number of hydrogen-bond acceptors (Lipinski definition) is 5. The molecule has 1 aliphatic rings. The predicted octanol–water partition coefficient (Wildman–Crippen LogP) is 3.60. The number of nitrogens with one attached hydrogen (secondary N) is 1.